The zero-order valence-corrected chi connectivity index (χ0v) is 25.9. The molecule has 4 nitrogen and oxygen atoms in total. The molecule has 1 saturated heterocycles. The maximum atomic E-state index is 7.46. The fraction of sp³-hybridized carbons (Fsp3) is 0.667. The molecule has 0 N–H and O–H groups in total. The average molecular weight is 513 g/mol. The second kappa shape index (κ2) is 11.9. The number of rotatable bonds is 12. The van der Waals surface area contributed by atoms with Crippen molar-refractivity contribution in [2.24, 2.45) is 23.7 Å². The van der Waals surface area contributed by atoms with Crippen molar-refractivity contribution >= 4 is 34.2 Å². The molecule has 0 aromatic rings. The van der Waals surface area contributed by atoms with Crippen LogP contribution in [-0.2, 0) is 16.5 Å². The summed E-state index contributed by atoms with van der Waals surface area (Å²) in [7, 11) is -11.5. The fourth-order valence-corrected chi connectivity index (χ4v) is 27.2. The molecule has 0 unspecified atom stereocenters. The molecule has 1 heterocycles. The highest BCUT2D eigenvalue weighted by Crippen LogP contribution is 2.43. The molecule has 0 aliphatic carbocycles. The van der Waals surface area contributed by atoms with E-state index in [9.17, 15) is 0 Å². The van der Waals surface area contributed by atoms with Gasteiger partial charge >= 0.3 is 34.2 Å². The van der Waals surface area contributed by atoms with Gasteiger partial charge in [0, 0.05) is 0 Å². The second-order valence-electron chi connectivity index (χ2n) is 10.9. The first-order valence-corrected chi connectivity index (χ1v) is 20.5. The summed E-state index contributed by atoms with van der Waals surface area (Å²) < 4.78 is 28.6. The summed E-state index contributed by atoms with van der Waals surface area (Å²) in [5.41, 5.74) is 7.29. The minimum absolute atomic E-state index is 0.437. The van der Waals surface area contributed by atoms with Crippen molar-refractivity contribution < 1.29 is 16.5 Å². The number of hydrogen-bond acceptors (Lipinski definition) is 4. The van der Waals surface area contributed by atoms with E-state index in [1.807, 2.05) is 22.8 Å². The van der Waals surface area contributed by atoms with Gasteiger partial charge in [0.1, 0.15) is 0 Å². The van der Waals surface area contributed by atoms with Crippen molar-refractivity contribution in [2.45, 2.75) is 79.6 Å². The van der Waals surface area contributed by atoms with Crippen molar-refractivity contribution in [3.63, 3.8) is 0 Å². The van der Waals surface area contributed by atoms with E-state index in [4.69, 9.17) is 16.5 Å². The van der Waals surface area contributed by atoms with Crippen LogP contribution in [0.3, 0.4) is 0 Å². The average Bonchev–Trinajstić information content (AvgIpc) is 2.63. The molecule has 184 valence electrons. The Bertz CT molecular complexity index is 570. The van der Waals surface area contributed by atoms with Gasteiger partial charge in [-0.15, -0.1) is 26.3 Å². The Morgan fingerprint density at radius 2 is 0.719 bits per heavy atom. The topological polar surface area (TPSA) is 36.9 Å². The normalized spacial score (nSPS) is 21.9. The third-order valence-electron chi connectivity index (χ3n) is 5.40. The van der Waals surface area contributed by atoms with Gasteiger partial charge < -0.3 is 16.5 Å². The summed E-state index contributed by atoms with van der Waals surface area (Å²) in [6.07, 6.45) is 0. The minimum Gasteiger partial charge on any atom is -0.415 e. The van der Waals surface area contributed by atoms with Crippen LogP contribution in [-0.4, -0.2) is 34.2 Å². The molecule has 0 atom stereocenters. The Kier molecular flexibility index (Phi) is 11.0. The van der Waals surface area contributed by atoms with E-state index in [2.05, 4.69) is 81.7 Å². The van der Waals surface area contributed by atoms with E-state index in [1.165, 1.54) is 0 Å². The van der Waals surface area contributed by atoms with Gasteiger partial charge in [-0.05, 0) is 70.6 Å². The lowest BCUT2D eigenvalue weighted by Gasteiger charge is -2.52. The molecule has 1 aliphatic rings. The first-order chi connectivity index (χ1) is 14.7. The summed E-state index contributed by atoms with van der Waals surface area (Å²) in [6.45, 7) is 34.4. The summed E-state index contributed by atoms with van der Waals surface area (Å²) in [5, 5.41) is 0. The highest BCUT2D eigenvalue weighted by molar-refractivity contribution is 7.00. The third-order valence-corrected chi connectivity index (χ3v) is 24.5. The van der Waals surface area contributed by atoms with Gasteiger partial charge in [-0.25, -0.2) is 0 Å². The van der Waals surface area contributed by atoms with E-state index >= 15 is 0 Å². The SMILES string of the molecule is C=C[Si]1(C=C)O[Si](C=C)(C=C)O[Si](CC(C)C)(CC(C)C)O[Si](CC(C)C)(CC(C)C)O1. The van der Waals surface area contributed by atoms with E-state index < -0.39 is 34.2 Å². The van der Waals surface area contributed by atoms with Crippen LogP contribution in [0.15, 0.2) is 49.1 Å². The molecule has 8 heteroatoms. The van der Waals surface area contributed by atoms with Crippen LogP contribution >= 0.6 is 0 Å². The standard InChI is InChI=1S/C24H48O4Si4/c1-13-29(14-2)25-30(15-3,16-4)27-32(19-23(9)10,20-24(11)12)28-31(26-29,17-21(5)6)18-22(7)8/h13-16,21-24H,1-4,17-20H2,5-12H3. The van der Waals surface area contributed by atoms with Crippen molar-refractivity contribution in [3.05, 3.63) is 49.1 Å². The van der Waals surface area contributed by atoms with Gasteiger partial charge in [-0.2, -0.15) is 0 Å². The van der Waals surface area contributed by atoms with Crippen LogP contribution in [0.1, 0.15) is 55.4 Å². The highest BCUT2D eigenvalue weighted by atomic mass is 28.5. The van der Waals surface area contributed by atoms with Crippen LogP contribution in [0.2, 0.25) is 24.2 Å². The molecule has 1 fully saturated rings. The molecule has 32 heavy (non-hydrogen) atoms. The van der Waals surface area contributed by atoms with Gasteiger partial charge in [0.05, 0.1) is 0 Å². The maximum Gasteiger partial charge on any atom is 0.373 e. The first kappa shape index (κ1) is 29.7. The molecule has 1 rings (SSSR count). The monoisotopic (exact) mass is 512 g/mol. The Hall–Kier alpha value is -0.332. The predicted octanol–water partition coefficient (Wildman–Crippen LogP) is 7.36. The predicted molar refractivity (Wildman–Crippen MR) is 147 cm³/mol. The molecular weight excluding hydrogens is 465 g/mol. The smallest absolute Gasteiger partial charge is 0.373 e. The minimum atomic E-state index is -3.02. The van der Waals surface area contributed by atoms with Gasteiger partial charge in [0.25, 0.3) is 0 Å². The fourth-order valence-electron chi connectivity index (χ4n) is 4.74. The van der Waals surface area contributed by atoms with E-state index in [1.54, 1.807) is 0 Å². The van der Waals surface area contributed by atoms with Gasteiger partial charge in [0.2, 0.25) is 0 Å². The molecule has 0 aromatic heterocycles. The Morgan fingerprint density at radius 3 is 0.906 bits per heavy atom. The Morgan fingerprint density at radius 1 is 0.469 bits per heavy atom. The Labute approximate surface area is 202 Å². The molecule has 0 saturated carbocycles. The second-order valence-corrected chi connectivity index (χ2v) is 23.9. The van der Waals surface area contributed by atoms with Crippen LogP contribution in [0.5, 0.6) is 0 Å². The zero-order chi connectivity index (χ0) is 24.8. The summed E-state index contributed by atoms with van der Waals surface area (Å²) in [6, 6.07) is 3.60. The van der Waals surface area contributed by atoms with Crippen molar-refractivity contribution in [3.8, 4) is 0 Å². The van der Waals surface area contributed by atoms with E-state index in [0.29, 0.717) is 23.7 Å². The lowest BCUT2D eigenvalue weighted by atomic mass is 10.3. The van der Waals surface area contributed by atoms with Crippen LogP contribution in [0, 0.1) is 23.7 Å². The van der Waals surface area contributed by atoms with Gasteiger partial charge in [-0.1, -0.05) is 55.4 Å². The molecule has 0 amide bonds. The van der Waals surface area contributed by atoms with Crippen molar-refractivity contribution in [1.82, 2.24) is 0 Å². The van der Waals surface area contributed by atoms with Crippen LogP contribution in [0.4, 0.5) is 0 Å². The molecule has 0 spiro atoms. The van der Waals surface area contributed by atoms with E-state index in [-0.39, 0.29) is 0 Å². The van der Waals surface area contributed by atoms with E-state index in [0.717, 1.165) is 24.2 Å². The lowest BCUT2D eigenvalue weighted by Crippen LogP contribution is -2.69. The largest absolute Gasteiger partial charge is 0.415 e. The molecule has 1 aliphatic heterocycles. The summed E-state index contributed by atoms with van der Waals surface area (Å²) in [4.78, 5) is 0. The quantitative estimate of drug-likeness (QED) is 0.256. The molecule has 0 aromatic carbocycles. The van der Waals surface area contributed by atoms with Crippen LogP contribution in [0.25, 0.3) is 0 Å². The van der Waals surface area contributed by atoms with Crippen LogP contribution < -0.4 is 0 Å². The summed E-state index contributed by atoms with van der Waals surface area (Å²) >= 11 is 0. The summed E-state index contributed by atoms with van der Waals surface area (Å²) in [5.74, 6) is 1.75. The molecule has 0 bridgehead atoms. The lowest BCUT2D eigenvalue weighted by molar-refractivity contribution is 0.221. The van der Waals surface area contributed by atoms with Crippen molar-refractivity contribution in [2.75, 3.05) is 0 Å². The van der Waals surface area contributed by atoms with Gasteiger partial charge in [0.15, 0.2) is 0 Å². The Balaban J connectivity index is 3.87. The molecule has 0 radical (unpaired) electrons. The highest BCUT2D eigenvalue weighted by Gasteiger charge is 2.60. The first-order valence-electron chi connectivity index (χ1n) is 12.1. The van der Waals surface area contributed by atoms with Crippen molar-refractivity contribution in [1.29, 1.82) is 0 Å². The van der Waals surface area contributed by atoms with Gasteiger partial charge in [-0.3, -0.25) is 0 Å². The number of hydrogen-bond donors (Lipinski definition) is 0. The maximum absolute atomic E-state index is 7.46. The zero-order valence-electron chi connectivity index (χ0n) is 21.9. The third kappa shape index (κ3) is 7.87. The molecular formula is C24H48O4Si4.